The molecule has 0 spiro atoms. The van der Waals surface area contributed by atoms with Crippen molar-refractivity contribution in [1.29, 1.82) is 0 Å². The molecule has 0 bridgehead atoms. The van der Waals surface area contributed by atoms with Crippen LogP contribution >= 0.6 is 0 Å². The number of carbonyl (C=O) groups is 1. The van der Waals surface area contributed by atoms with Gasteiger partial charge in [0.05, 0.1) is 0 Å². The number of ether oxygens (including phenoxy) is 1. The average molecular weight is 198 g/mol. The number of rotatable bonds is 2. The van der Waals surface area contributed by atoms with Crippen LogP contribution in [0.15, 0.2) is 12.2 Å². The molecule has 80 valence electrons. The van der Waals surface area contributed by atoms with Gasteiger partial charge in [0, 0.05) is 6.42 Å². The van der Waals surface area contributed by atoms with Crippen molar-refractivity contribution in [2.45, 2.75) is 31.8 Å². The van der Waals surface area contributed by atoms with Crippen molar-refractivity contribution in [1.82, 2.24) is 0 Å². The van der Waals surface area contributed by atoms with Crippen LogP contribution in [-0.4, -0.2) is 18.7 Å². The Kier molecular flexibility index (Phi) is 4.46. The molecule has 14 heavy (non-hydrogen) atoms. The fourth-order valence-corrected chi connectivity index (χ4v) is 1.71. The highest BCUT2D eigenvalue weighted by Gasteiger charge is 2.14. The first-order valence-corrected chi connectivity index (χ1v) is 5.05. The van der Waals surface area contributed by atoms with E-state index in [0.29, 0.717) is 12.5 Å². The van der Waals surface area contributed by atoms with Gasteiger partial charge in [-0.2, -0.15) is 0 Å². The number of hydrogen-bond acceptors (Lipinski definition) is 3. The molecule has 2 unspecified atom stereocenters. The highest BCUT2D eigenvalue weighted by Crippen LogP contribution is 2.18. The predicted octanol–water partition coefficient (Wildman–Crippen LogP) is 1.16. The molecule has 0 heterocycles. The van der Waals surface area contributed by atoms with E-state index in [9.17, 15) is 4.79 Å². The Balaban J connectivity index is 2.41. The van der Waals surface area contributed by atoms with Gasteiger partial charge in [-0.05, 0) is 31.7 Å². The molecule has 0 saturated heterocycles. The maximum Gasteiger partial charge on any atom is 0.404 e. The van der Waals surface area contributed by atoms with E-state index in [-0.39, 0.29) is 6.10 Å². The molecule has 1 rings (SSSR count). The first-order valence-electron chi connectivity index (χ1n) is 5.05. The molecule has 0 aliphatic heterocycles. The van der Waals surface area contributed by atoms with Gasteiger partial charge in [0.2, 0.25) is 0 Å². The van der Waals surface area contributed by atoms with Gasteiger partial charge in [-0.3, -0.25) is 0 Å². The second-order valence-electron chi connectivity index (χ2n) is 3.65. The second kappa shape index (κ2) is 5.65. The Morgan fingerprint density at radius 3 is 2.93 bits per heavy atom. The number of amides is 1. The lowest BCUT2D eigenvalue weighted by molar-refractivity contribution is 0.0994. The zero-order valence-corrected chi connectivity index (χ0v) is 8.32. The summed E-state index contributed by atoms with van der Waals surface area (Å²) >= 11 is 0. The van der Waals surface area contributed by atoms with Crippen molar-refractivity contribution < 1.29 is 9.53 Å². The molecule has 4 nitrogen and oxygen atoms in total. The lowest BCUT2D eigenvalue weighted by atomic mass is 9.95. The van der Waals surface area contributed by atoms with Gasteiger partial charge in [-0.25, -0.2) is 4.79 Å². The van der Waals surface area contributed by atoms with E-state index in [1.165, 1.54) is 0 Å². The van der Waals surface area contributed by atoms with Gasteiger partial charge in [0.1, 0.15) is 6.10 Å². The molecule has 0 fully saturated rings. The molecule has 1 aliphatic carbocycles. The minimum atomic E-state index is -0.681. The van der Waals surface area contributed by atoms with Crippen LogP contribution in [0, 0.1) is 5.92 Å². The highest BCUT2D eigenvalue weighted by atomic mass is 16.6. The summed E-state index contributed by atoms with van der Waals surface area (Å²) in [6.07, 6.45) is 7.13. The largest absolute Gasteiger partial charge is 0.446 e. The van der Waals surface area contributed by atoms with E-state index in [1.807, 2.05) is 6.08 Å². The Bertz CT molecular complexity index is 216. The van der Waals surface area contributed by atoms with E-state index in [1.54, 1.807) is 0 Å². The third-order valence-electron chi connectivity index (χ3n) is 2.49. The summed E-state index contributed by atoms with van der Waals surface area (Å²) in [7, 11) is 0. The Labute approximate surface area is 84.3 Å². The maximum atomic E-state index is 10.5. The second-order valence-corrected chi connectivity index (χ2v) is 3.65. The number of primary amides is 1. The normalized spacial score (nSPS) is 30.1. The first kappa shape index (κ1) is 11.0. The SMILES string of the molecule is NCC1/C=C/CC(OC(N)=O)CCC1. The third kappa shape index (κ3) is 3.79. The topological polar surface area (TPSA) is 78.3 Å². The first-order chi connectivity index (χ1) is 6.72. The summed E-state index contributed by atoms with van der Waals surface area (Å²) in [5.41, 5.74) is 10.5. The van der Waals surface area contributed by atoms with E-state index < -0.39 is 6.09 Å². The van der Waals surface area contributed by atoms with Gasteiger partial charge in [0.25, 0.3) is 0 Å². The van der Waals surface area contributed by atoms with Crippen LogP contribution in [0.1, 0.15) is 25.7 Å². The summed E-state index contributed by atoms with van der Waals surface area (Å²) in [6.45, 7) is 0.692. The standard InChI is InChI=1S/C10H18N2O2/c11-7-8-3-1-5-9(6-2-4-8)14-10(12)13/h1,3,8-9H,2,4-7,11H2,(H2,12,13)/b3-1+. The predicted molar refractivity (Wildman–Crippen MR) is 54.6 cm³/mol. The fourth-order valence-electron chi connectivity index (χ4n) is 1.71. The molecule has 0 aromatic carbocycles. The number of nitrogens with two attached hydrogens (primary N) is 2. The quantitative estimate of drug-likeness (QED) is 0.653. The lowest BCUT2D eigenvalue weighted by Crippen LogP contribution is -2.24. The van der Waals surface area contributed by atoms with E-state index in [2.05, 4.69) is 6.08 Å². The van der Waals surface area contributed by atoms with Gasteiger partial charge < -0.3 is 16.2 Å². The van der Waals surface area contributed by atoms with Crippen molar-refractivity contribution in [3.05, 3.63) is 12.2 Å². The van der Waals surface area contributed by atoms with Crippen LogP contribution < -0.4 is 11.5 Å². The molecule has 0 aromatic heterocycles. The minimum absolute atomic E-state index is 0.0533. The fraction of sp³-hybridized carbons (Fsp3) is 0.700. The Morgan fingerprint density at radius 1 is 1.50 bits per heavy atom. The van der Waals surface area contributed by atoms with Crippen molar-refractivity contribution in [3.63, 3.8) is 0 Å². The van der Waals surface area contributed by atoms with Crippen molar-refractivity contribution >= 4 is 6.09 Å². The van der Waals surface area contributed by atoms with Crippen molar-refractivity contribution in [2.75, 3.05) is 6.54 Å². The summed E-state index contributed by atoms with van der Waals surface area (Å²) in [6, 6.07) is 0. The van der Waals surface area contributed by atoms with Crippen LogP contribution in [0.25, 0.3) is 0 Å². The molecule has 0 aromatic rings. The highest BCUT2D eigenvalue weighted by molar-refractivity contribution is 5.64. The lowest BCUT2D eigenvalue weighted by Gasteiger charge is -2.19. The summed E-state index contributed by atoms with van der Waals surface area (Å²) in [5, 5.41) is 0. The summed E-state index contributed by atoms with van der Waals surface area (Å²) in [5.74, 6) is 0.476. The van der Waals surface area contributed by atoms with Crippen molar-refractivity contribution in [3.8, 4) is 0 Å². The summed E-state index contributed by atoms with van der Waals surface area (Å²) < 4.78 is 4.95. The molecule has 1 amide bonds. The minimum Gasteiger partial charge on any atom is -0.446 e. The monoisotopic (exact) mass is 198 g/mol. The van der Waals surface area contributed by atoms with Crippen LogP contribution in [0.4, 0.5) is 4.79 Å². The van der Waals surface area contributed by atoms with Crippen LogP contribution in [0.5, 0.6) is 0 Å². The van der Waals surface area contributed by atoms with Crippen LogP contribution in [0.3, 0.4) is 0 Å². The third-order valence-corrected chi connectivity index (χ3v) is 2.49. The van der Waals surface area contributed by atoms with E-state index >= 15 is 0 Å². The number of carbonyl (C=O) groups excluding carboxylic acids is 1. The van der Waals surface area contributed by atoms with E-state index in [4.69, 9.17) is 16.2 Å². The average Bonchev–Trinajstić information content (AvgIpc) is 2.08. The van der Waals surface area contributed by atoms with Gasteiger partial charge >= 0.3 is 6.09 Å². The Morgan fingerprint density at radius 2 is 2.29 bits per heavy atom. The molecular formula is C10H18N2O2. The van der Waals surface area contributed by atoms with Gasteiger partial charge in [-0.15, -0.1) is 0 Å². The zero-order valence-electron chi connectivity index (χ0n) is 8.32. The smallest absolute Gasteiger partial charge is 0.404 e. The summed E-state index contributed by atoms with van der Waals surface area (Å²) in [4.78, 5) is 10.5. The molecule has 0 radical (unpaired) electrons. The molecular weight excluding hydrogens is 180 g/mol. The van der Waals surface area contributed by atoms with Crippen LogP contribution in [0.2, 0.25) is 0 Å². The molecule has 4 N–H and O–H groups in total. The molecule has 2 atom stereocenters. The van der Waals surface area contributed by atoms with Crippen molar-refractivity contribution in [2.24, 2.45) is 17.4 Å². The molecule has 0 saturated carbocycles. The van der Waals surface area contributed by atoms with E-state index in [0.717, 1.165) is 25.7 Å². The Hall–Kier alpha value is -1.03. The van der Waals surface area contributed by atoms with Gasteiger partial charge in [-0.1, -0.05) is 12.2 Å². The zero-order chi connectivity index (χ0) is 10.4. The van der Waals surface area contributed by atoms with Crippen LogP contribution in [-0.2, 0) is 4.74 Å². The molecule has 1 aliphatic rings. The van der Waals surface area contributed by atoms with Gasteiger partial charge in [0.15, 0.2) is 0 Å². The number of hydrogen-bond donors (Lipinski definition) is 2. The maximum absolute atomic E-state index is 10.5. The molecule has 4 heteroatoms.